The molecule has 0 spiro atoms. The Labute approximate surface area is 90.3 Å². The number of rotatable bonds is 2. The van der Waals surface area contributed by atoms with Crippen LogP contribution < -0.4 is 5.14 Å². The van der Waals surface area contributed by atoms with Crippen molar-refractivity contribution in [3.63, 3.8) is 0 Å². The smallest absolute Gasteiger partial charge is 0.122 e. The Hall–Kier alpha value is -1.46. The van der Waals surface area contributed by atoms with E-state index in [0.717, 1.165) is 11.3 Å². The van der Waals surface area contributed by atoms with Crippen LogP contribution in [0.4, 0.5) is 0 Å². The second kappa shape index (κ2) is 3.96. The van der Waals surface area contributed by atoms with Crippen molar-refractivity contribution in [3.05, 3.63) is 36.5 Å². The second-order valence-corrected chi connectivity index (χ2v) is 4.27. The minimum atomic E-state index is -1.44. The number of hydrogen-bond acceptors (Lipinski definition) is 2. The highest BCUT2D eigenvalue weighted by Crippen LogP contribution is 2.18. The summed E-state index contributed by atoms with van der Waals surface area (Å²) in [5.41, 5.74) is 1.77. The lowest BCUT2D eigenvalue weighted by molar-refractivity contribution is 0.684. The van der Waals surface area contributed by atoms with Gasteiger partial charge in [-0.1, -0.05) is 12.1 Å². The molecule has 5 heteroatoms. The molecular weight excluding hydrogens is 210 g/mol. The quantitative estimate of drug-likeness (QED) is 0.824. The average Bonchev–Trinajstić information content (AvgIpc) is 2.65. The maximum atomic E-state index is 11.1. The summed E-state index contributed by atoms with van der Waals surface area (Å²) in [4.78, 5) is 0.609. The van der Waals surface area contributed by atoms with Gasteiger partial charge >= 0.3 is 0 Å². The second-order valence-electron chi connectivity index (χ2n) is 3.20. The molecule has 2 N–H and O–H groups in total. The molecule has 78 valence electrons. The molecule has 0 saturated carbocycles. The Morgan fingerprint density at radius 3 is 2.80 bits per heavy atom. The van der Waals surface area contributed by atoms with Gasteiger partial charge in [0, 0.05) is 18.8 Å². The lowest BCUT2D eigenvalue weighted by Crippen LogP contribution is -2.02. The molecule has 1 atom stereocenters. The minimum absolute atomic E-state index is 0.609. The molecule has 4 nitrogen and oxygen atoms in total. The maximum Gasteiger partial charge on any atom is 0.122 e. The number of benzene rings is 1. The molecule has 0 radical (unpaired) electrons. The highest BCUT2D eigenvalue weighted by Gasteiger charge is 2.03. The molecule has 1 heterocycles. The predicted molar refractivity (Wildman–Crippen MR) is 59.2 cm³/mol. The molecule has 0 aliphatic carbocycles. The number of nitrogens with two attached hydrogens (primary N) is 1. The first-order valence-corrected chi connectivity index (χ1v) is 5.64. The van der Waals surface area contributed by atoms with Crippen LogP contribution in [-0.2, 0) is 18.0 Å². The van der Waals surface area contributed by atoms with E-state index < -0.39 is 11.0 Å². The van der Waals surface area contributed by atoms with E-state index in [1.807, 2.05) is 31.4 Å². The normalized spacial score (nSPS) is 12.7. The lowest BCUT2D eigenvalue weighted by atomic mass is 10.2. The van der Waals surface area contributed by atoms with Crippen LogP contribution in [0.25, 0.3) is 11.3 Å². The largest absolute Gasteiger partial charge is 0.275 e. The van der Waals surface area contributed by atoms with Gasteiger partial charge in [-0.25, -0.2) is 9.35 Å². The molecule has 1 unspecified atom stereocenters. The van der Waals surface area contributed by atoms with Crippen molar-refractivity contribution in [1.82, 2.24) is 9.78 Å². The zero-order valence-corrected chi connectivity index (χ0v) is 9.07. The first kappa shape index (κ1) is 10.1. The first-order chi connectivity index (χ1) is 7.16. The Morgan fingerprint density at radius 2 is 2.20 bits per heavy atom. The van der Waals surface area contributed by atoms with Crippen LogP contribution in [0.15, 0.2) is 41.4 Å². The summed E-state index contributed by atoms with van der Waals surface area (Å²) in [7, 11) is 0.415. The first-order valence-electron chi connectivity index (χ1n) is 4.43. The van der Waals surface area contributed by atoms with E-state index in [0.29, 0.717) is 4.90 Å². The van der Waals surface area contributed by atoms with Gasteiger partial charge in [-0.15, -0.1) is 0 Å². The highest BCUT2D eigenvalue weighted by molar-refractivity contribution is 7.82. The predicted octanol–water partition coefficient (Wildman–Crippen LogP) is 1.07. The summed E-state index contributed by atoms with van der Waals surface area (Å²) in [6.45, 7) is 0. The molecule has 1 aromatic carbocycles. The zero-order valence-electron chi connectivity index (χ0n) is 8.25. The van der Waals surface area contributed by atoms with E-state index in [4.69, 9.17) is 5.14 Å². The summed E-state index contributed by atoms with van der Waals surface area (Å²) in [6, 6.07) is 9.17. The number of aromatic nitrogens is 2. The van der Waals surface area contributed by atoms with E-state index in [-0.39, 0.29) is 0 Å². The van der Waals surface area contributed by atoms with E-state index >= 15 is 0 Å². The topological polar surface area (TPSA) is 60.9 Å². The summed E-state index contributed by atoms with van der Waals surface area (Å²) in [5, 5.41) is 9.57. The van der Waals surface area contributed by atoms with Gasteiger partial charge in [0.05, 0.1) is 10.6 Å². The molecule has 0 fully saturated rings. The average molecular weight is 221 g/mol. The van der Waals surface area contributed by atoms with Gasteiger partial charge in [0.15, 0.2) is 0 Å². The van der Waals surface area contributed by atoms with E-state index in [1.54, 1.807) is 16.8 Å². The fraction of sp³-hybridized carbons (Fsp3) is 0.100. The van der Waals surface area contributed by atoms with Crippen LogP contribution in [0.3, 0.4) is 0 Å². The fourth-order valence-corrected chi connectivity index (χ4v) is 1.81. The SMILES string of the molecule is Cn1ccc(-c2cccc(S(N)=O)c2)n1. The van der Waals surface area contributed by atoms with Gasteiger partial charge in [-0.3, -0.25) is 4.68 Å². The van der Waals surface area contributed by atoms with Crippen molar-refractivity contribution in [2.75, 3.05) is 0 Å². The third kappa shape index (κ3) is 2.14. The van der Waals surface area contributed by atoms with Gasteiger partial charge < -0.3 is 0 Å². The van der Waals surface area contributed by atoms with Crippen LogP contribution in [-0.4, -0.2) is 14.0 Å². The molecule has 0 aliphatic heterocycles. The summed E-state index contributed by atoms with van der Waals surface area (Å²) in [5.74, 6) is 0. The van der Waals surface area contributed by atoms with Crippen LogP contribution in [0.2, 0.25) is 0 Å². The Kier molecular flexibility index (Phi) is 2.66. The van der Waals surface area contributed by atoms with Crippen LogP contribution >= 0.6 is 0 Å². The maximum absolute atomic E-state index is 11.1. The zero-order chi connectivity index (χ0) is 10.8. The molecule has 0 saturated heterocycles. The van der Waals surface area contributed by atoms with Crippen molar-refractivity contribution < 1.29 is 4.21 Å². The lowest BCUT2D eigenvalue weighted by Gasteiger charge is -1.99. The molecule has 0 amide bonds. The fourth-order valence-electron chi connectivity index (χ4n) is 1.35. The van der Waals surface area contributed by atoms with E-state index in [1.165, 1.54) is 0 Å². The minimum Gasteiger partial charge on any atom is -0.275 e. The molecule has 2 aromatic rings. The summed E-state index contributed by atoms with van der Waals surface area (Å²) < 4.78 is 12.8. The van der Waals surface area contributed by atoms with Gasteiger partial charge in [-0.05, 0) is 18.2 Å². The van der Waals surface area contributed by atoms with E-state index in [9.17, 15) is 4.21 Å². The molecule has 2 rings (SSSR count). The van der Waals surface area contributed by atoms with Crippen molar-refractivity contribution in [1.29, 1.82) is 0 Å². The standard InChI is InChI=1S/C10H11N3OS/c1-13-6-5-10(12-13)8-3-2-4-9(7-8)15(11)14/h2-7H,11H2,1H3. The van der Waals surface area contributed by atoms with Crippen LogP contribution in [0.5, 0.6) is 0 Å². The van der Waals surface area contributed by atoms with Crippen molar-refractivity contribution in [2.24, 2.45) is 12.2 Å². The Balaban J connectivity index is 2.45. The summed E-state index contributed by atoms with van der Waals surface area (Å²) >= 11 is 0. The van der Waals surface area contributed by atoms with Crippen molar-refractivity contribution in [2.45, 2.75) is 4.90 Å². The Morgan fingerprint density at radius 1 is 1.40 bits per heavy atom. The number of hydrogen-bond donors (Lipinski definition) is 1. The third-order valence-electron chi connectivity index (χ3n) is 2.08. The van der Waals surface area contributed by atoms with Crippen molar-refractivity contribution >= 4 is 11.0 Å². The third-order valence-corrected chi connectivity index (χ3v) is 2.79. The molecular formula is C10H11N3OS. The van der Waals surface area contributed by atoms with Gasteiger partial charge in [0.2, 0.25) is 0 Å². The molecule has 0 aliphatic rings. The van der Waals surface area contributed by atoms with E-state index in [2.05, 4.69) is 5.10 Å². The van der Waals surface area contributed by atoms with Crippen LogP contribution in [0, 0.1) is 0 Å². The number of nitrogens with zero attached hydrogens (tertiary/aromatic N) is 2. The monoisotopic (exact) mass is 221 g/mol. The van der Waals surface area contributed by atoms with Gasteiger partial charge in [-0.2, -0.15) is 5.10 Å². The molecule has 0 bridgehead atoms. The number of aryl methyl sites for hydroxylation is 1. The van der Waals surface area contributed by atoms with Crippen molar-refractivity contribution in [3.8, 4) is 11.3 Å². The van der Waals surface area contributed by atoms with Gasteiger partial charge in [0.25, 0.3) is 0 Å². The van der Waals surface area contributed by atoms with Crippen LogP contribution in [0.1, 0.15) is 0 Å². The summed E-state index contributed by atoms with van der Waals surface area (Å²) in [6.07, 6.45) is 1.86. The molecule has 15 heavy (non-hydrogen) atoms. The van der Waals surface area contributed by atoms with Gasteiger partial charge in [0.1, 0.15) is 11.0 Å². The highest BCUT2D eigenvalue weighted by atomic mass is 32.2. The molecule has 1 aromatic heterocycles. The Bertz CT molecular complexity index is 507.